The van der Waals surface area contributed by atoms with Crippen molar-refractivity contribution < 1.29 is 4.74 Å². The zero-order valence-electron chi connectivity index (χ0n) is 16.5. The summed E-state index contributed by atoms with van der Waals surface area (Å²) in [6.07, 6.45) is 4.14. The van der Waals surface area contributed by atoms with Gasteiger partial charge in [0, 0.05) is 38.4 Å². The highest BCUT2D eigenvalue weighted by Gasteiger charge is 2.26. The fourth-order valence-corrected chi connectivity index (χ4v) is 4.24. The van der Waals surface area contributed by atoms with Gasteiger partial charge >= 0.3 is 0 Å². The number of anilines is 2. The number of H-pyrrole nitrogens is 1. The average molecular weight is 393 g/mol. The van der Waals surface area contributed by atoms with Gasteiger partial charge in [-0.15, -0.1) is 0 Å². The molecule has 0 atom stereocenters. The zero-order valence-corrected chi connectivity index (χ0v) is 16.5. The Labute approximate surface area is 170 Å². The smallest absolute Gasteiger partial charge is 0.227 e. The molecule has 2 N–H and O–H groups in total. The molecule has 2 saturated heterocycles. The highest BCUT2D eigenvalue weighted by molar-refractivity contribution is 5.74. The van der Waals surface area contributed by atoms with Gasteiger partial charge in [-0.05, 0) is 31.0 Å². The number of fused-ring (bicyclic) bond motifs is 1. The first-order chi connectivity index (χ1) is 14.3. The topological polar surface area (TPSA) is 82.2 Å². The Morgan fingerprint density at radius 1 is 1.03 bits per heavy atom. The number of piperidine rings is 1. The second-order valence-electron chi connectivity index (χ2n) is 7.66. The number of para-hydroxylation sites is 2. The summed E-state index contributed by atoms with van der Waals surface area (Å²) in [4.78, 5) is 22.1. The molecule has 0 radical (unpaired) electrons. The highest BCUT2D eigenvalue weighted by atomic mass is 16.5. The van der Waals surface area contributed by atoms with E-state index in [-0.39, 0.29) is 0 Å². The van der Waals surface area contributed by atoms with Crippen LogP contribution in [0, 0.1) is 0 Å². The normalized spacial score (nSPS) is 19.0. The summed E-state index contributed by atoms with van der Waals surface area (Å²) in [7, 11) is 0. The number of aromatic amines is 1. The van der Waals surface area contributed by atoms with Gasteiger partial charge in [0.15, 0.2) is 0 Å². The second-order valence-corrected chi connectivity index (χ2v) is 7.66. The van der Waals surface area contributed by atoms with Crippen molar-refractivity contribution >= 4 is 22.8 Å². The molecule has 29 heavy (non-hydrogen) atoms. The van der Waals surface area contributed by atoms with Crippen LogP contribution >= 0.6 is 0 Å². The third-order valence-electron chi connectivity index (χ3n) is 5.83. The summed E-state index contributed by atoms with van der Waals surface area (Å²) in [5.41, 5.74) is 2.03. The standard InChI is InChI=1S/C21H27N7O/c1-2-4-18-17(3-1)24-20(25-18)15-23-19-5-8-22-21(26-19)28-9-6-16(7-10-28)27-11-13-29-14-12-27/h1-5,8,16H,6-7,9-15H2,(H,24,25)(H,22,23,26). The Morgan fingerprint density at radius 2 is 1.86 bits per heavy atom. The molecular formula is C21H27N7O. The van der Waals surface area contributed by atoms with E-state index in [4.69, 9.17) is 9.72 Å². The van der Waals surface area contributed by atoms with Crippen molar-refractivity contribution in [1.82, 2.24) is 24.8 Å². The monoisotopic (exact) mass is 393 g/mol. The minimum Gasteiger partial charge on any atom is -0.379 e. The molecule has 5 rings (SSSR count). The fraction of sp³-hybridized carbons (Fsp3) is 0.476. The van der Waals surface area contributed by atoms with Gasteiger partial charge in [0.2, 0.25) is 5.95 Å². The molecule has 8 nitrogen and oxygen atoms in total. The zero-order chi connectivity index (χ0) is 19.5. The minimum absolute atomic E-state index is 0.601. The summed E-state index contributed by atoms with van der Waals surface area (Å²) < 4.78 is 5.48. The number of rotatable bonds is 5. The number of nitrogens with one attached hydrogen (secondary N) is 2. The molecular weight excluding hydrogens is 366 g/mol. The molecule has 4 heterocycles. The predicted molar refractivity (Wildman–Crippen MR) is 113 cm³/mol. The van der Waals surface area contributed by atoms with E-state index >= 15 is 0 Å². The highest BCUT2D eigenvalue weighted by Crippen LogP contribution is 2.21. The van der Waals surface area contributed by atoms with Crippen LogP contribution in [0.2, 0.25) is 0 Å². The van der Waals surface area contributed by atoms with Crippen molar-refractivity contribution in [2.24, 2.45) is 0 Å². The Kier molecular flexibility index (Phi) is 5.27. The Morgan fingerprint density at radius 3 is 2.69 bits per heavy atom. The predicted octanol–water partition coefficient (Wildman–Crippen LogP) is 2.27. The first-order valence-corrected chi connectivity index (χ1v) is 10.4. The molecule has 0 bridgehead atoms. The van der Waals surface area contributed by atoms with Crippen LogP contribution in [0.4, 0.5) is 11.8 Å². The number of ether oxygens (including phenoxy) is 1. The lowest BCUT2D eigenvalue weighted by Crippen LogP contribution is -2.49. The van der Waals surface area contributed by atoms with E-state index in [1.165, 1.54) is 0 Å². The van der Waals surface area contributed by atoms with Crippen LogP contribution in [0.3, 0.4) is 0 Å². The first kappa shape index (κ1) is 18.3. The number of aromatic nitrogens is 4. The molecule has 3 aromatic rings. The third-order valence-corrected chi connectivity index (χ3v) is 5.83. The SMILES string of the molecule is c1ccc2[nH]c(CNc3ccnc(N4CCC(N5CCOCC5)CC4)n3)nc2c1. The average Bonchev–Trinajstić information content (AvgIpc) is 3.22. The van der Waals surface area contributed by atoms with E-state index < -0.39 is 0 Å². The Balaban J connectivity index is 1.18. The fourth-order valence-electron chi connectivity index (χ4n) is 4.24. The molecule has 2 aliphatic heterocycles. The van der Waals surface area contributed by atoms with Crippen LogP contribution in [0.1, 0.15) is 18.7 Å². The van der Waals surface area contributed by atoms with E-state index in [0.29, 0.717) is 12.6 Å². The molecule has 0 amide bonds. The summed E-state index contributed by atoms with van der Waals surface area (Å²) in [5, 5.41) is 3.37. The van der Waals surface area contributed by atoms with Gasteiger partial charge in [0.25, 0.3) is 0 Å². The van der Waals surface area contributed by atoms with Gasteiger partial charge in [-0.2, -0.15) is 4.98 Å². The number of hydrogen-bond donors (Lipinski definition) is 2. The van der Waals surface area contributed by atoms with Crippen LogP contribution in [0.15, 0.2) is 36.5 Å². The van der Waals surface area contributed by atoms with Crippen molar-refractivity contribution in [2.75, 3.05) is 49.6 Å². The molecule has 0 saturated carbocycles. The van der Waals surface area contributed by atoms with Gasteiger partial charge in [-0.1, -0.05) is 12.1 Å². The van der Waals surface area contributed by atoms with Gasteiger partial charge in [-0.25, -0.2) is 9.97 Å². The summed E-state index contributed by atoms with van der Waals surface area (Å²) in [5.74, 6) is 2.53. The van der Waals surface area contributed by atoms with E-state index in [0.717, 1.165) is 80.9 Å². The molecule has 0 unspecified atom stereocenters. The number of benzene rings is 1. The summed E-state index contributed by atoms with van der Waals surface area (Å²) >= 11 is 0. The lowest BCUT2D eigenvalue weighted by Gasteiger charge is -2.40. The number of nitrogens with zero attached hydrogens (tertiary/aromatic N) is 5. The second kappa shape index (κ2) is 8.34. The maximum absolute atomic E-state index is 5.48. The molecule has 8 heteroatoms. The van der Waals surface area contributed by atoms with Crippen LogP contribution in [0.25, 0.3) is 11.0 Å². The molecule has 2 fully saturated rings. The van der Waals surface area contributed by atoms with Crippen molar-refractivity contribution in [1.29, 1.82) is 0 Å². The van der Waals surface area contributed by atoms with E-state index in [1.807, 2.05) is 36.5 Å². The van der Waals surface area contributed by atoms with Gasteiger partial charge in [0.05, 0.1) is 30.8 Å². The van der Waals surface area contributed by atoms with Crippen LogP contribution < -0.4 is 10.2 Å². The quantitative estimate of drug-likeness (QED) is 0.688. The molecule has 152 valence electrons. The lowest BCUT2D eigenvalue weighted by atomic mass is 10.0. The number of hydrogen-bond acceptors (Lipinski definition) is 7. The summed E-state index contributed by atoms with van der Waals surface area (Å²) in [6, 6.07) is 10.6. The molecule has 1 aromatic carbocycles. The van der Waals surface area contributed by atoms with E-state index in [2.05, 4.69) is 30.1 Å². The Hall–Kier alpha value is -2.71. The maximum Gasteiger partial charge on any atom is 0.227 e. The van der Waals surface area contributed by atoms with Crippen molar-refractivity contribution in [3.05, 3.63) is 42.4 Å². The lowest BCUT2D eigenvalue weighted by molar-refractivity contribution is 0.0114. The maximum atomic E-state index is 5.48. The number of morpholine rings is 1. The Bertz CT molecular complexity index is 912. The molecule has 0 spiro atoms. The van der Waals surface area contributed by atoms with Crippen LogP contribution in [-0.4, -0.2) is 70.3 Å². The molecule has 2 aromatic heterocycles. The van der Waals surface area contributed by atoms with Crippen molar-refractivity contribution in [2.45, 2.75) is 25.4 Å². The van der Waals surface area contributed by atoms with E-state index in [9.17, 15) is 0 Å². The minimum atomic E-state index is 0.601. The third kappa shape index (κ3) is 4.18. The van der Waals surface area contributed by atoms with E-state index in [1.54, 1.807) is 0 Å². The van der Waals surface area contributed by atoms with Crippen LogP contribution in [0.5, 0.6) is 0 Å². The molecule has 0 aliphatic carbocycles. The number of imidazole rings is 1. The largest absolute Gasteiger partial charge is 0.379 e. The first-order valence-electron chi connectivity index (χ1n) is 10.4. The van der Waals surface area contributed by atoms with Gasteiger partial charge in [-0.3, -0.25) is 4.90 Å². The van der Waals surface area contributed by atoms with Crippen LogP contribution in [-0.2, 0) is 11.3 Å². The molecule has 2 aliphatic rings. The summed E-state index contributed by atoms with van der Waals surface area (Å²) in [6.45, 7) is 6.43. The van der Waals surface area contributed by atoms with Crippen molar-refractivity contribution in [3.8, 4) is 0 Å². The van der Waals surface area contributed by atoms with Crippen molar-refractivity contribution in [3.63, 3.8) is 0 Å². The van der Waals surface area contributed by atoms with Gasteiger partial charge < -0.3 is 19.9 Å². The van der Waals surface area contributed by atoms with Gasteiger partial charge in [0.1, 0.15) is 11.6 Å².